The Hall–Kier alpha value is -0.178. The molecule has 0 aromatic carbocycles. The molecule has 0 aromatic rings. The van der Waals surface area contributed by atoms with Gasteiger partial charge in [-0.05, 0) is 51.4 Å². The first-order valence-electron chi connectivity index (χ1n) is 12.0. The maximum Gasteiger partial charge on any atom is 0.643 e. The Balaban J connectivity index is 0. The quantitative estimate of drug-likeness (QED) is 0.0887. The van der Waals surface area contributed by atoms with Crippen LogP contribution in [0.2, 0.25) is 0 Å². The minimum Gasteiger partial charge on any atom is -0.481 e. The fourth-order valence-electron chi connectivity index (χ4n) is 3.15. The van der Waals surface area contributed by atoms with Crippen LogP contribution >= 0.6 is 30.1 Å². The second kappa shape index (κ2) is 28.9. The molecule has 0 saturated carbocycles. The molecule has 32 heavy (non-hydrogen) atoms. The molecule has 0 atom stereocenters. The molecule has 0 spiro atoms. The first kappa shape index (κ1) is 34.0. The number of hydrogen-bond acceptors (Lipinski definition) is 2. The van der Waals surface area contributed by atoms with E-state index in [9.17, 15) is 9.59 Å². The average molecular weight is 528 g/mol. The Kier molecular flexibility index (Phi) is 30.7. The largest absolute Gasteiger partial charge is 0.643 e. The van der Waals surface area contributed by atoms with Crippen molar-refractivity contribution in [2.45, 2.75) is 116 Å². The van der Waals surface area contributed by atoms with Crippen molar-refractivity contribution in [1.29, 1.82) is 0 Å². The van der Waals surface area contributed by atoms with Crippen molar-refractivity contribution >= 4 is 53.5 Å². The minimum absolute atomic E-state index is 0.313. The van der Waals surface area contributed by atoms with Gasteiger partial charge < -0.3 is 10.2 Å². The van der Waals surface area contributed by atoms with Crippen LogP contribution in [0.3, 0.4) is 0 Å². The summed E-state index contributed by atoms with van der Waals surface area (Å²) >= 11 is -1.72. The molecule has 0 aromatic heterocycles. The third-order valence-electron chi connectivity index (χ3n) is 4.86. The molecule has 186 valence electrons. The Morgan fingerprint density at radius 1 is 0.500 bits per heavy atom. The van der Waals surface area contributed by atoms with Gasteiger partial charge in [0.15, 0.2) is 0 Å². The molecule has 0 unspecified atom stereocenters. The van der Waals surface area contributed by atoms with Crippen molar-refractivity contribution in [3.05, 3.63) is 24.3 Å². The zero-order chi connectivity index (χ0) is 24.3. The lowest BCUT2D eigenvalue weighted by Crippen LogP contribution is -1.93. The van der Waals surface area contributed by atoms with Crippen LogP contribution in [-0.2, 0) is 9.59 Å². The minimum atomic E-state index is -1.72. The molecule has 0 heterocycles. The van der Waals surface area contributed by atoms with E-state index >= 15 is 0 Å². The van der Waals surface area contributed by atoms with Crippen LogP contribution in [-0.4, -0.2) is 33.5 Å². The van der Waals surface area contributed by atoms with Crippen molar-refractivity contribution < 1.29 is 19.8 Å². The SMILES string of the molecule is O=C(O)CCCCCCCCC=CCCC=CCCCCCCCCC(=O)O.[Cl][Al]([Cl])[Cl]. The van der Waals surface area contributed by atoms with E-state index in [1.54, 1.807) is 0 Å². The molecule has 0 aliphatic heterocycles. The van der Waals surface area contributed by atoms with E-state index in [2.05, 4.69) is 24.3 Å². The molecule has 0 rings (SSSR count). The predicted octanol–water partition coefficient (Wildman–Crippen LogP) is 8.98. The number of rotatable bonds is 21. The number of allylic oxidation sites excluding steroid dienone is 4. The number of unbranched alkanes of at least 4 members (excludes halogenated alkanes) is 13. The number of halogens is 3. The van der Waals surface area contributed by atoms with Gasteiger partial charge in [0.25, 0.3) is 0 Å². The summed E-state index contributed by atoms with van der Waals surface area (Å²) in [4.78, 5) is 20.8. The van der Waals surface area contributed by atoms with Crippen molar-refractivity contribution in [3.63, 3.8) is 0 Å². The lowest BCUT2D eigenvalue weighted by Gasteiger charge is -1.99. The number of carboxylic acids is 2. The van der Waals surface area contributed by atoms with Gasteiger partial charge in [0.05, 0.1) is 0 Å². The summed E-state index contributed by atoms with van der Waals surface area (Å²) in [6.45, 7) is 0. The molecule has 0 aliphatic carbocycles. The van der Waals surface area contributed by atoms with Gasteiger partial charge in [-0.3, -0.25) is 9.59 Å². The maximum absolute atomic E-state index is 10.4. The average Bonchev–Trinajstić information content (AvgIpc) is 2.71. The predicted molar refractivity (Wildman–Crippen MR) is 140 cm³/mol. The van der Waals surface area contributed by atoms with E-state index in [1.807, 2.05) is 0 Å². The van der Waals surface area contributed by atoms with Crippen molar-refractivity contribution in [3.8, 4) is 0 Å². The molecule has 4 nitrogen and oxygen atoms in total. The third-order valence-corrected chi connectivity index (χ3v) is 4.86. The lowest BCUT2D eigenvalue weighted by atomic mass is 10.1. The van der Waals surface area contributed by atoms with Crippen molar-refractivity contribution in [1.82, 2.24) is 0 Å². The second-order valence-electron chi connectivity index (χ2n) is 7.88. The zero-order valence-corrected chi connectivity index (χ0v) is 22.9. The van der Waals surface area contributed by atoms with E-state index in [0.717, 1.165) is 64.2 Å². The van der Waals surface area contributed by atoms with Gasteiger partial charge in [-0.2, -0.15) is 0 Å². The van der Waals surface area contributed by atoms with Crippen molar-refractivity contribution in [2.24, 2.45) is 0 Å². The number of carboxylic acid groups (broad SMARTS) is 2. The van der Waals surface area contributed by atoms with Crippen LogP contribution in [0.5, 0.6) is 0 Å². The first-order valence-corrected chi connectivity index (χ1v) is 17.3. The highest BCUT2D eigenvalue weighted by Gasteiger charge is 2.00. The summed E-state index contributed by atoms with van der Waals surface area (Å²) in [6, 6.07) is 0. The summed E-state index contributed by atoms with van der Waals surface area (Å²) in [5.74, 6) is -1.36. The van der Waals surface area contributed by atoms with Crippen LogP contribution in [0.1, 0.15) is 116 Å². The van der Waals surface area contributed by atoms with Gasteiger partial charge in [-0.15, -0.1) is 0 Å². The molecular weight excluding hydrogens is 486 g/mol. The monoisotopic (exact) mass is 526 g/mol. The summed E-state index contributed by atoms with van der Waals surface area (Å²) in [5.41, 5.74) is 0. The highest BCUT2D eigenvalue weighted by molar-refractivity contribution is 7.54. The Morgan fingerprint density at radius 3 is 1.06 bits per heavy atom. The normalized spacial score (nSPS) is 11.0. The Labute approximate surface area is 212 Å². The van der Waals surface area contributed by atoms with Crippen LogP contribution in [0.25, 0.3) is 0 Å². The van der Waals surface area contributed by atoms with E-state index in [-0.39, 0.29) is 0 Å². The smallest absolute Gasteiger partial charge is 0.481 e. The number of carbonyl (C=O) groups is 2. The molecule has 0 amide bonds. The van der Waals surface area contributed by atoms with E-state index in [0.29, 0.717) is 12.8 Å². The van der Waals surface area contributed by atoms with Crippen LogP contribution < -0.4 is 0 Å². The molecule has 0 saturated heterocycles. The standard InChI is InChI=1S/C24H42O4.Al.3ClH/c25-23(26)21-19-17-15-13-11-9-7-5-3-1-2-4-6-8-10-12-14-16-18-20-22-24(27)28;;;;/h3-6H,1-2,7-22H2,(H,25,26)(H,27,28);;3*1H/q;+3;;;/p-3. The summed E-state index contributed by atoms with van der Waals surface area (Å²) in [5, 5.41) is 17.1. The highest BCUT2D eigenvalue weighted by atomic mass is 35.8. The van der Waals surface area contributed by atoms with Gasteiger partial charge in [0, 0.05) is 12.8 Å². The molecule has 0 radical (unpaired) electrons. The molecule has 2 N–H and O–H groups in total. The van der Waals surface area contributed by atoms with Gasteiger partial charge >= 0.3 is 23.3 Å². The maximum atomic E-state index is 10.4. The Morgan fingerprint density at radius 2 is 0.750 bits per heavy atom. The number of aliphatic carboxylic acids is 2. The lowest BCUT2D eigenvalue weighted by molar-refractivity contribution is -0.138. The van der Waals surface area contributed by atoms with Crippen LogP contribution in [0.15, 0.2) is 24.3 Å². The van der Waals surface area contributed by atoms with Gasteiger partial charge in [-0.25, -0.2) is 30.1 Å². The van der Waals surface area contributed by atoms with Gasteiger partial charge in [0.2, 0.25) is 0 Å². The molecule has 0 aliphatic rings. The van der Waals surface area contributed by atoms with Crippen LogP contribution in [0, 0.1) is 0 Å². The van der Waals surface area contributed by atoms with Crippen molar-refractivity contribution in [2.75, 3.05) is 0 Å². The van der Waals surface area contributed by atoms with E-state index < -0.39 is 23.3 Å². The number of hydrogen-bond donors (Lipinski definition) is 2. The third kappa shape index (κ3) is 40.2. The van der Waals surface area contributed by atoms with Crippen LogP contribution in [0.4, 0.5) is 0 Å². The van der Waals surface area contributed by atoms with E-state index in [4.69, 9.17) is 40.4 Å². The molecule has 8 heteroatoms. The zero-order valence-electron chi connectivity index (χ0n) is 19.5. The first-order chi connectivity index (χ1) is 15.4. The summed E-state index contributed by atoms with van der Waals surface area (Å²) < 4.78 is 0. The topological polar surface area (TPSA) is 74.6 Å². The fourth-order valence-corrected chi connectivity index (χ4v) is 3.15. The second-order valence-corrected chi connectivity index (χ2v) is 14.3. The van der Waals surface area contributed by atoms with Gasteiger partial charge in [-0.1, -0.05) is 75.7 Å². The van der Waals surface area contributed by atoms with E-state index in [1.165, 1.54) is 38.5 Å². The fraction of sp³-hybridized carbons (Fsp3) is 0.750. The molecular formula is C24H42AlCl3O4. The van der Waals surface area contributed by atoms with Gasteiger partial charge in [0.1, 0.15) is 0 Å². The highest BCUT2D eigenvalue weighted by Crippen LogP contribution is 2.10. The summed E-state index contributed by atoms with van der Waals surface area (Å²) in [6.07, 6.45) is 27.8. The summed E-state index contributed by atoms with van der Waals surface area (Å²) in [7, 11) is 14.8. The Bertz CT molecular complexity index is 443. The molecule has 0 fully saturated rings. The molecule has 0 bridgehead atoms.